The number of hydrogen-bond donors (Lipinski definition) is 1. The van der Waals surface area contributed by atoms with Crippen LogP contribution in [0.1, 0.15) is 35.6 Å². The molecular weight excluding hydrogens is 543 g/mol. The zero-order chi connectivity index (χ0) is 30.2. The minimum atomic E-state index is -4.09. The predicted octanol–water partition coefficient (Wildman–Crippen LogP) is 4.22. The molecule has 0 saturated heterocycles. The van der Waals surface area contributed by atoms with Crippen molar-refractivity contribution in [1.29, 1.82) is 0 Å². The van der Waals surface area contributed by atoms with Crippen molar-refractivity contribution in [1.82, 2.24) is 14.5 Å². The van der Waals surface area contributed by atoms with E-state index in [-0.39, 0.29) is 18.9 Å². The van der Waals surface area contributed by atoms with Gasteiger partial charge < -0.3 is 10.2 Å². The van der Waals surface area contributed by atoms with Crippen LogP contribution in [-0.4, -0.2) is 62.7 Å². The van der Waals surface area contributed by atoms with Crippen molar-refractivity contribution in [2.45, 2.75) is 46.2 Å². The number of hydrogen-bond acceptors (Lipinski definition) is 4. The summed E-state index contributed by atoms with van der Waals surface area (Å²) in [6.07, 6.45) is 0.921. The van der Waals surface area contributed by atoms with E-state index in [2.05, 4.69) is 5.32 Å². The summed E-state index contributed by atoms with van der Waals surface area (Å²) in [5, 5.41) is 2.90. The Balaban J connectivity index is 2.11. The second kappa shape index (κ2) is 14.2. The van der Waals surface area contributed by atoms with Crippen molar-refractivity contribution >= 4 is 27.7 Å². The number of amides is 2. The minimum Gasteiger partial charge on any atom is -0.354 e. The van der Waals surface area contributed by atoms with Gasteiger partial charge >= 0.3 is 10.2 Å². The Bertz CT molecular complexity index is 1430. The Hall–Kier alpha value is -3.76. The van der Waals surface area contributed by atoms with E-state index in [1.807, 2.05) is 50.2 Å². The lowest BCUT2D eigenvalue weighted by molar-refractivity contribution is -0.140. The molecule has 0 heterocycles. The lowest BCUT2D eigenvalue weighted by Crippen LogP contribution is -2.54. The molecule has 0 bridgehead atoms. The molecule has 0 fully saturated rings. The van der Waals surface area contributed by atoms with Crippen molar-refractivity contribution < 1.29 is 22.4 Å². The molecule has 0 saturated carbocycles. The molecule has 220 valence electrons. The maximum Gasteiger partial charge on any atom is 0.304 e. The fourth-order valence-electron chi connectivity index (χ4n) is 4.40. The fraction of sp³-hybridized carbons (Fsp3) is 0.355. The third-order valence-electron chi connectivity index (χ3n) is 6.74. The molecule has 8 nitrogen and oxygen atoms in total. The highest BCUT2D eigenvalue weighted by Crippen LogP contribution is 2.26. The molecule has 0 unspecified atom stereocenters. The number of carbonyl (C=O) groups excluding carboxylic acids is 2. The van der Waals surface area contributed by atoms with Crippen molar-refractivity contribution in [3.8, 4) is 0 Å². The number of halogens is 1. The molecule has 41 heavy (non-hydrogen) atoms. The average Bonchev–Trinajstić information content (AvgIpc) is 2.95. The molecular formula is C31H39FN4O4S. The predicted molar refractivity (Wildman–Crippen MR) is 160 cm³/mol. The first-order chi connectivity index (χ1) is 19.4. The molecule has 2 amide bonds. The summed E-state index contributed by atoms with van der Waals surface area (Å²) in [4.78, 5) is 29.2. The van der Waals surface area contributed by atoms with Crippen LogP contribution in [0.2, 0.25) is 0 Å². The molecule has 1 N–H and O–H groups in total. The lowest BCUT2D eigenvalue weighted by atomic mass is 10.0. The van der Waals surface area contributed by atoms with E-state index in [0.717, 1.165) is 19.7 Å². The van der Waals surface area contributed by atoms with Gasteiger partial charge in [0.1, 0.15) is 18.4 Å². The number of carbonyl (C=O) groups is 2. The summed E-state index contributed by atoms with van der Waals surface area (Å²) < 4.78 is 42.9. The summed E-state index contributed by atoms with van der Waals surface area (Å²) in [6, 6.07) is 19.5. The Morgan fingerprint density at radius 1 is 0.927 bits per heavy atom. The van der Waals surface area contributed by atoms with Crippen molar-refractivity contribution in [2.24, 2.45) is 0 Å². The number of aryl methyl sites for hydroxylation is 2. The summed E-state index contributed by atoms with van der Waals surface area (Å²) in [7, 11) is -1.27. The first-order valence-corrected chi connectivity index (χ1v) is 15.0. The van der Waals surface area contributed by atoms with Crippen LogP contribution in [0.3, 0.4) is 0 Å². The third kappa shape index (κ3) is 8.37. The van der Waals surface area contributed by atoms with Gasteiger partial charge in [0.25, 0.3) is 0 Å². The Morgan fingerprint density at radius 3 is 2.20 bits per heavy atom. The normalized spacial score (nSPS) is 12.2. The number of nitrogens with one attached hydrogen (secondary N) is 1. The van der Waals surface area contributed by atoms with Crippen LogP contribution in [0.25, 0.3) is 0 Å². The minimum absolute atomic E-state index is 0.0151. The number of anilines is 1. The maximum absolute atomic E-state index is 14.2. The first-order valence-electron chi connectivity index (χ1n) is 13.6. The van der Waals surface area contributed by atoms with Crippen molar-refractivity contribution in [3.63, 3.8) is 0 Å². The molecule has 0 aliphatic rings. The van der Waals surface area contributed by atoms with E-state index in [0.29, 0.717) is 29.8 Å². The van der Waals surface area contributed by atoms with Gasteiger partial charge in [0.15, 0.2) is 0 Å². The topological polar surface area (TPSA) is 90.0 Å². The molecule has 0 aromatic heterocycles. The van der Waals surface area contributed by atoms with E-state index in [4.69, 9.17) is 0 Å². The van der Waals surface area contributed by atoms with Gasteiger partial charge in [-0.1, -0.05) is 61.5 Å². The standard InChI is InChI=1S/C31H39FN4O4S/c1-6-18-33-31(38)29(20-25-10-8-7-9-11-25)35(21-26-14-16-27(32)17-15-26)30(37)22-36(41(39,40)34(4)5)28-19-23(2)12-13-24(28)3/h7-17,19,29H,6,18,20-22H2,1-5H3,(H,33,38)/t29-/m0/s1. The van der Waals surface area contributed by atoms with Crippen LogP contribution in [-0.2, 0) is 32.8 Å². The molecule has 3 aromatic rings. The van der Waals surface area contributed by atoms with Gasteiger partial charge in [0, 0.05) is 33.6 Å². The number of benzene rings is 3. The first kappa shape index (κ1) is 31.8. The smallest absolute Gasteiger partial charge is 0.304 e. The zero-order valence-electron chi connectivity index (χ0n) is 24.3. The van der Waals surface area contributed by atoms with Gasteiger partial charge in [-0.25, -0.2) is 8.70 Å². The van der Waals surface area contributed by atoms with Gasteiger partial charge in [0.05, 0.1) is 5.69 Å². The van der Waals surface area contributed by atoms with Gasteiger partial charge in [0.2, 0.25) is 11.8 Å². The molecule has 10 heteroatoms. The number of nitrogens with zero attached hydrogens (tertiary/aromatic N) is 3. The highest BCUT2D eigenvalue weighted by Gasteiger charge is 2.35. The van der Waals surface area contributed by atoms with Gasteiger partial charge in [-0.15, -0.1) is 0 Å². The Kier molecular flexibility index (Phi) is 11.0. The summed E-state index contributed by atoms with van der Waals surface area (Å²) in [5.41, 5.74) is 3.34. The lowest BCUT2D eigenvalue weighted by Gasteiger charge is -2.35. The van der Waals surface area contributed by atoms with Crippen LogP contribution in [0, 0.1) is 19.7 Å². The van der Waals surface area contributed by atoms with Gasteiger partial charge in [-0.3, -0.25) is 9.59 Å². The molecule has 1 atom stereocenters. The molecule has 0 aliphatic carbocycles. The molecule has 0 spiro atoms. The molecule has 3 rings (SSSR count). The van der Waals surface area contributed by atoms with E-state index in [1.54, 1.807) is 31.2 Å². The SMILES string of the molecule is CCCNC(=O)[C@H](Cc1ccccc1)N(Cc1ccc(F)cc1)C(=O)CN(c1cc(C)ccc1C)S(=O)(=O)N(C)C. The quantitative estimate of drug-likeness (QED) is 0.327. The number of rotatable bonds is 13. The van der Waals surface area contributed by atoms with Crippen LogP contribution in [0.15, 0.2) is 72.8 Å². The summed E-state index contributed by atoms with van der Waals surface area (Å²) in [6.45, 7) is 5.44. The van der Waals surface area contributed by atoms with Gasteiger partial charge in [-0.2, -0.15) is 12.7 Å². The molecule has 3 aromatic carbocycles. The van der Waals surface area contributed by atoms with Crippen molar-refractivity contribution in [2.75, 3.05) is 31.5 Å². The Labute approximate surface area is 243 Å². The molecule has 0 aliphatic heterocycles. The van der Waals surface area contributed by atoms with E-state index < -0.39 is 34.5 Å². The highest BCUT2D eigenvalue weighted by atomic mass is 32.2. The van der Waals surface area contributed by atoms with Crippen LogP contribution >= 0.6 is 0 Å². The van der Waals surface area contributed by atoms with Crippen molar-refractivity contribution in [3.05, 3.63) is 101 Å². The van der Waals surface area contributed by atoms with Crippen LogP contribution in [0.4, 0.5) is 10.1 Å². The maximum atomic E-state index is 14.2. The van der Waals surface area contributed by atoms with E-state index >= 15 is 0 Å². The Morgan fingerprint density at radius 2 is 1.59 bits per heavy atom. The zero-order valence-corrected chi connectivity index (χ0v) is 25.1. The van der Waals surface area contributed by atoms with Crippen LogP contribution in [0.5, 0.6) is 0 Å². The van der Waals surface area contributed by atoms with E-state index in [9.17, 15) is 22.4 Å². The monoisotopic (exact) mass is 582 g/mol. The highest BCUT2D eigenvalue weighted by molar-refractivity contribution is 7.90. The summed E-state index contributed by atoms with van der Waals surface area (Å²) in [5.74, 6) is -1.33. The molecule has 0 radical (unpaired) electrons. The van der Waals surface area contributed by atoms with Gasteiger partial charge in [-0.05, 0) is 60.7 Å². The fourth-order valence-corrected chi connectivity index (χ4v) is 5.51. The van der Waals surface area contributed by atoms with Crippen LogP contribution < -0.4 is 9.62 Å². The summed E-state index contributed by atoms with van der Waals surface area (Å²) >= 11 is 0. The third-order valence-corrected chi connectivity index (χ3v) is 8.54. The second-order valence-electron chi connectivity index (χ2n) is 10.2. The second-order valence-corrected chi connectivity index (χ2v) is 12.3. The van der Waals surface area contributed by atoms with E-state index in [1.165, 1.54) is 31.1 Å². The largest absolute Gasteiger partial charge is 0.354 e. The average molecular weight is 583 g/mol.